The van der Waals surface area contributed by atoms with Crippen molar-refractivity contribution in [3.63, 3.8) is 0 Å². The number of anilines is 1. The predicted octanol–water partition coefficient (Wildman–Crippen LogP) is 3.16. The number of piperazine rings is 1. The van der Waals surface area contributed by atoms with E-state index in [1.54, 1.807) is 7.11 Å². The molecule has 1 fully saturated rings. The van der Waals surface area contributed by atoms with Crippen molar-refractivity contribution in [2.24, 2.45) is 5.10 Å². The zero-order valence-corrected chi connectivity index (χ0v) is 13.8. The van der Waals surface area contributed by atoms with Gasteiger partial charge in [-0.1, -0.05) is 36.4 Å². The predicted molar refractivity (Wildman–Crippen MR) is 95.6 cm³/mol. The van der Waals surface area contributed by atoms with Crippen LogP contribution in [0.3, 0.4) is 0 Å². The maximum absolute atomic E-state index is 5.46. The van der Waals surface area contributed by atoms with Crippen molar-refractivity contribution >= 4 is 11.9 Å². The first-order chi connectivity index (χ1) is 11.3. The van der Waals surface area contributed by atoms with Crippen molar-refractivity contribution in [3.8, 4) is 5.75 Å². The average molecular weight is 309 g/mol. The van der Waals surface area contributed by atoms with Gasteiger partial charge in [-0.2, -0.15) is 5.10 Å². The number of aryl methyl sites for hydroxylation is 1. The molecule has 2 aromatic rings. The van der Waals surface area contributed by atoms with Crippen LogP contribution in [0.25, 0.3) is 0 Å². The third kappa shape index (κ3) is 3.65. The van der Waals surface area contributed by atoms with Crippen molar-refractivity contribution in [3.05, 3.63) is 59.7 Å². The van der Waals surface area contributed by atoms with E-state index < -0.39 is 0 Å². The Balaban J connectivity index is 1.61. The molecule has 1 aliphatic rings. The molecule has 0 atom stereocenters. The van der Waals surface area contributed by atoms with Gasteiger partial charge in [0.2, 0.25) is 0 Å². The molecule has 0 radical (unpaired) electrons. The Labute approximate surface area is 138 Å². The fourth-order valence-electron chi connectivity index (χ4n) is 2.82. The molecule has 1 saturated heterocycles. The smallest absolute Gasteiger partial charge is 0.142 e. The van der Waals surface area contributed by atoms with E-state index in [-0.39, 0.29) is 0 Å². The Kier molecular flexibility index (Phi) is 4.81. The van der Waals surface area contributed by atoms with E-state index in [9.17, 15) is 0 Å². The van der Waals surface area contributed by atoms with Gasteiger partial charge in [0.1, 0.15) is 5.75 Å². The van der Waals surface area contributed by atoms with Gasteiger partial charge in [0.05, 0.1) is 32.1 Å². The number of rotatable bonds is 4. The molecule has 0 bridgehead atoms. The Morgan fingerprint density at radius 3 is 2.39 bits per heavy atom. The van der Waals surface area contributed by atoms with Gasteiger partial charge in [0.15, 0.2) is 0 Å². The largest absolute Gasteiger partial charge is 0.495 e. The minimum absolute atomic E-state index is 0.917. The minimum Gasteiger partial charge on any atom is -0.495 e. The van der Waals surface area contributed by atoms with Crippen LogP contribution in [0.1, 0.15) is 11.1 Å². The lowest BCUT2D eigenvalue weighted by atomic mass is 10.1. The highest BCUT2D eigenvalue weighted by atomic mass is 16.5. The SMILES string of the molecule is COc1ccccc1N1CCN(/N=C\c2ccccc2C)CC1. The second-order valence-electron chi connectivity index (χ2n) is 5.71. The van der Waals surface area contributed by atoms with E-state index >= 15 is 0 Å². The van der Waals surface area contributed by atoms with Crippen molar-refractivity contribution in [2.75, 3.05) is 38.2 Å². The molecule has 0 spiro atoms. The number of hydrogen-bond acceptors (Lipinski definition) is 4. The summed E-state index contributed by atoms with van der Waals surface area (Å²) in [5, 5.41) is 6.77. The van der Waals surface area contributed by atoms with Crippen LogP contribution in [-0.4, -0.2) is 44.5 Å². The molecule has 3 rings (SSSR count). The van der Waals surface area contributed by atoms with E-state index in [2.05, 4.69) is 52.3 Å². The normalized spacial score (nSPS) is 15.2. The number of nitrogens with zero attached hydrogens (tertiary/aromatic N) is 3. The van der Waals surface area contributed by atoms with Gasteiger partial charge in [-0.3, -0.25) is 5.01 Å². The summed E-state index contributed by atoms with van der Waals surface area (Å²) in [5.74, 6) is 0.935. The number of hydrogen-bond donors (Lipinski definition) is 0. The summed E-state index contributed by atoms with van der Waals surface area (Å²) in [4.78, 5) is 2.36. The highest BCUT2D eigenvalue weighted by Crippen LogP contribution is 2.28. The molecule has 0 amide bonds. The van der Waals surface area contributed by atoms with Gasteiger partial charge >= 0.3 is 0 Å². The van der Waals surface area contributed by atoms with Crippen LogP contribution in [-0.2, 0) is 0 Å². The molecule has 1 heterocycles. The summed E-state index contributed by atoms with van der Waals surface area (Å²) in [6.45, 7) is 5.85. The van der Waals surface area contributed by atoms with Crippen molar-refractivity contribution in [2.45, 2.75) is 6.92 Å². The van der Waals surface area contributed by atoms with E-state index in [1.165, 1.54) is 11.1 Å². The van der Waals surface area contributed by atoms with Crippen LogP contribution in [0.15, 0.2) is 53.6 Å². The van der Waals surface area contributed by atoms with Gasteiger partial charge in [0, 0.05) is 13.1 Å². The molecule has 1 aliphatic heterocycles. The summed E-state index contributed by atoms with van der Waals surface area (Å²) in [7, 11) is 1.72. The highest BCUT2D eigenvalue weighted by Gasteiger charge is 2.18. The molecule has 4 nitrogen and oxygen atoms in total. The average Bonchev–Trinajstić information content (AvgIpc) is 2.61. The molecule has 4 heteroatoms. The Morgan fingerprint density at radius 2 is 1.65 bits per heavy atom. The molecule has 0 unspecified atom stereocenters. The minimum atomic E-state index is 0.917. The number of para-hydroxylation sites is 2. The van der Waals surface area contributed by atoms with Gasteiger partial charge in [-0.15, -0.1) is 0 Å². The van der Waals surface area contributed by atoms with Crippen LogP contribution in [0.5, 0.6) is 5.75 Å². The number of hydrazone groups is 1. The van der Waals surface area contributed by atoms with Gasteiger partial charge in [0.25, 0.3) is 0 Å². The third-order valence-electron chi connectivity index (χ3n) is 4.23. The van der Waals surface area contributed by atoms with Crippen molar-refractivity contribution in [1.29, 1.82) is 0 Å². The first-order valence-electron chi connectivity index (χ1n) is 8.00. The lowest BCUT2D eigenvalue weighted by molar-refractivity contribution is 0.271. The van der Waals surface area contributed by atoms with Crippen LogP contribution in [0.2, 0.25) is 0 Å². The molecule has 0 aromatic heterocycles. The van der Waals surface area contributed by atoms with Crippen LogP contribution in [0.4, 0.5) is 5.69 Å². The maximum Gasteiger partial charge on any atom is 0.142 e. The van der Waals surface area contributed by atoms with Crippen LogP contribution < -0.4 is 9.64 Å². The Bertz CT molecular complexity index is 676. The monoisotopic (exact) mass is 309 g/mol. The molecule has 0 N–H and O–H groups in total. The standard InChI is InChI=1S/C19H23N3O/c1-16-7-3-4-8-17(16)15-20-22-13-11-21(12-14-22)18-9-5-6-10-19(18)23-2/h3-10,15H,11-14H2,1-2H3/b20-15-. The fraction of sp³-hybridized carbons (Fsp3) is 0.316. The fourth-order valence-corrected chi connectivity index (χ4v) is 2.82. The summed E-state index contributed by atoms with van der Waals surface area (Å²) in [5.41, 5.74) is 3.60. The van der Waals surface area contributed by atoms with E-state index in [1.807, 2.05) is 24.4 Å². The molecular formula is C19H23N3O. The Morgan fingerprint density at radius 1 is 0.957 bits per heavy atom. The summed E-state index contributed by atoms with van der Waals surface area (Å²) in [6.07, 6.45) is 1.97. The van der Waals surface area contributed by atoms with Crippen LogP contribution in [0, 0.1) is 6.92 Å². The zero-order valence-electron chi connectivity index (χ0n) is 13.8. The zero-order chi connectivity index (χ0) is 16.1. The second kappa shape index (κ2) is 7.18. The van der Waals surface area contributed by atoms with Crippen molar-refractivity contribution in [1.82, 2.24) is 5.01 Å². The summed E-state index contributed by atoms with van der Waals surface area (Å²) in [6, 6.07) is 16.5. The summed E-state index contributed by atoms with van der Waals surface area (Å²) >= 11 is 0. The molecule has 23 heavy (non-hydrogen) atoms. The summed E-state index contributed by atoms with van der Waals surface area (Å²) < 4.78 is 5.46. The molecule has 0 saturated carbocycles. The Hall–Kier alpha value is -2.49. The molecule has 0 aliphatic carbocycles. The van der Waals surface area contributed by atoms with E-state index in [0.29, 0.717) is 0 Å². The van der Waals surface area contributed by atoms with Gasteiger partial charge in [-0.05, 0) is 30.2 Å². The van der Waals surface area contributed by atoms with Crippen molar-refractivity contribution < 1.29 is 4.74 Å². The molecule has 2 aromatic carbocycles. The molecule has 120 valence electrons. The first kappa shape index (κ1) is 15.4. The third-order valence-corrected chi connectivity index (χ3v) is 4.23. The lowest BCUT2D eigenvalue weighted by Gasteiger charge is -2.35. The topological polar surface area (TPSA) is 28.1 Å². The molecular weight excluding hydrogens is 286 g/mol. The lowest BCUT2D eigenvalue weighted by Crippen LogP contribution is -2.44. The number of benzene rings is 2. The second-order valence-corrected chi connectivity index (χ2v) is 5.71. The van der Waals surface area contributed by atoms with Gasteiger partial charge < -0.3 is 9.64 Å². The van der Waals surface area contributed by atoms with E-state index in [4.69, 9.17) is 4.74 Å². The number of methoxy groups -OCH3 is 1. The van der Waals surface area contributed by atoms with Crippen LogP contribution >= 0.6 is 0 Å². The number of ether oxygens (including phenoxy) is 1. The van der Waals surface area contributed by atoms with Gasteiger partial charge in [-0.25, -0.2) is 0 Å². The maximum atomic E-state index is 5.46. The highest BCUT2D eigenvalue weighted by molar-refractivity contribution is 5.81. The van der Waals surface area contributed by atoms with E-state index in [0.717, 1.165) is 37.6 Å². The first-order valence-corrected chi connectivity index (χ1v) is 8.00. The quantitative estimate of drug-likeness (QED) is 0.812.